The number of ether oxygens (including phenoxy) is 1. The maximum atomic E-state index is 13.5. The molecular weight excluding hydrogens is 274 g/mol. The van der Waals surface area contributed by atoms with Crippen LogP contribution in [0, 0.1) is 33.1 Å². The van der Waals surface area contributed by atoms with Crippen LogP contribution < -0.4 is 4.74 Å². The number of nitriles is 1. The van der Waals surface area contributed by atoms with Gasteiger partial charge in [-0.15, -0.1) is 0 Å². The fourth-order valence-corrected chi connectivity index (χ4v) is 1.29. The predicted octanol–water partition coefficient (Wildman–Crippen LogP) is 2.33. The monoisotopic (exact) mass is 278 g/mol. The van der Waals surface area contributed by atoms with Crippen molar-refractivity contribution in [2.75, 3.05) is 0 Å². The van der Waals surface area contributed by atoms with Crippen LogP contribution in [-0.4, -0.2) is 14.9 Å². The van der Waals surface area contributed by atoms with Crippen LogP contribution in [0.3, 0.4) is 0 Å². The van der Waals surface area contributed by atoms with Crippen molar-refractivity contribution in [3.63, 3.8) is 0 Å². The van der Waals surface area contributed by atoms with Gasteiger partial charge in [-0.3, -0.25) is 10.1 Å². The van der Waals surface area contributed by atoms with E-state index in [4.69, 9.17) is 10.00 Å². The molecular formula is C11H4F2N4O3. The van der Waals surface area contributed by atoms with E-state index in [0.29, 0.717) is 12.1 Å². The fourth-order valence-electron chi connectivity index (χ4n) is 1.29. The van der Waals surface area contributed by atoms with Gasteiger partial charge < -0.3 is 4.74 Å². The molecule has 0 bridgehead atoms. The van der Waals surface area contributed by atoms with E-state index in [9.17, 15) is 18.9 Å². The van der Waals surface area contributed by atoms with Crippen LogP contribution in [0.25, 0.3) is 0 Å². The van der Waals surface area contributed by atoms with Crippen LogP contribution in [0.2, 0.25) is 0 Å². The van der Waals surface area contributed by atoms with Gasteiger partial charge in [0.05, 0.1) is 11.0 Å². The van der Waals surface area contributed by atoms with E-state index in [-0.39, 0.29) is 11.7 Å². The summed E-state index contributed by atoms with van der Waals surface area (Å²) in [5.41, 5.74) is -1.04. The highest BCUT2D eigenvalue weighted by Gasteiger charge is 2.20. The summed E-state index contributed by atoms with van der Waals surface area (Å²) >= 11 is 0. The molecule has 0 radical (unpaired) electrons. The molecule has 0 saturated carbocycles. The first kappa shape index (κ1) is 13.3. The Morgan fingerprint density at radius 2 is 2.10 bits per heavy atom. The van der Waals surface area contributed by atoms with Crippen LogP contribution >= 0.6 is 0 Å². The van der Waals surface area contributed by atoms with Gasteiger partial charge in [0, 0.05) is 12.3 Å². The molecule has 100 valence electrons. The zero-order valence-electron chi connectivity index (χ0n) is 9.58. The van der Waals surface area contributed by atoms with E-state index < -0.39 is 28.0 Å². The van der Waals surface area contributed by atoms with Gasteiger partial charge in [-0.1, -0.05) is 0 Å². The van der Waals surface area contributed by atoms with Crippen molar-refractivity contribution in [1.29, 1.82) is 5.26 Å². The number of rotatable bonds is 3. The first-order valence-corrected chi connectivity index (χ1v) is 5.05. The summed E-state index contributed by atoms with van der Waals surface area (Å²) in [6, 6.07) is 3.53. The quantitative estimate of drug-likeness (QED) is 0.630. The van der Waals surface area contributed by atoms with Crippen molar-refractivity contribution in [1.82, 2.24) is 9.97 Å². The van der Waals surface area contributed by atoms with Crippen LogP contribution in [0.1, 0.15) is 5.69 Å². The van der Waals surface area contributed by atoms with E-state index in [0.717, 1.165) is 0 Å². The number of aromatic nitrogens is 2. The summed E-state index contributed by atoms with van der Waals surface area (Å²) in [4.78, 5) is 16.6. The van der Waals surface area contributed by atoms with E-state index in [1.165, 1.54) is 12.3 Å². The Balaban J connectivity index is 2.37. The van der Waals surface area contributed by atoms with Gasteiger partial charge in [-0.05, 0) is 6.07 Å². The van der Waals surface area contributed by atoms with Crippen LogP contribution in [0.15, 0.2) is 24.4 Å². The van der Waals surface area contributed by atoms with Crippen molar-refractivity contribution in [2.24, 2.45) is 0 Å². The van der Waals surface area contributed by atoms with Crippen molar-refractivity contribution in [3.8, 4) is 17.8 Å². The summed E-state index contributed by atoms with van der Waals surface area (Å²) in [5, 5.41) is 19.0. The highest BCUT2D eigenvalue weighted by atomic mass is 19.1. The Kier molecular flexibility index (Phi) is 3.47. The smallest absolute Gasteiger partial charge is 0.323 e. The average molecular weight is 278 g/mol. The molecule has 0 aliphatic carbocycles. The lowest BCUT2D eigenvalue weighted by molar-refractivity contribution is -0.387. The molecule has 1 aromatic heterocycles. The largest absolute Gasteiger partial charge is 0.421 e. The Labute approximate surface area is 110 Å². The van der Waals surface area contributed by atoms with E-state index in [1.54, 1.807) is 6.07 Å². The number of nitro groups is 1. The number of hydrogen-bond acceptors (Lipinski definition) is 6. The Morgan fingerprint density at radius 3 is 2.75 bits per heavy atom. The summed E-state index contributed by atoms with van der Waals surface area (Å²) < 4.78 is 31.7. The van der Waals surface area contributed by atoms with E-state index in [1.807, 2.05) is 0 Å². The molecule has 20 heavy (non-hydrogen) atoms. The van der Waals surface area contributed by atoms with Crippen molar-refractivity contribution in [2.45, 2.75) is 0 Å². The normalized spacial score (nSPS) is 9.85. The molecule has 0 aliphatic rings. The number of halogens is 2. The molecule has 0 unspecified atom stereocenters. The summed E-state index contributed by atoms with van der Waals surface area (Å²) in [5.74, 6) is -3.03. The molecule has 0 N–H and O–H groups in total. The molecule has 0 aliphatic heterocycles. The van der Waals surface area contributed by atoms with Gasteiger partial charge in [-0.2, -0.15) is 14.6 Å². The molecule has 0 saturated heterocycles. The van der Waals surface area contributed by atoms with Gasteiger partial charge in [0.25, 0.3) is 0 Å². The third-order valence-corrected chi connectivity index (χ3v) is 2.15. The van der Waals surface area contributed by atoms with Gasteiger partial charge in [0.15, 0.2) is 11.6 Å². The Hall–Kier alpha value is -3.15. The van der Waals surface area contributed by atoms with Gasteiger partial charge in [-0.25, -0.2) is 9.37 Å². The Bertz CT molecular complexity index is 730. The maximum Gasteiger partial charge on any atom is 0.323 e. The average Bonchev–Trinajstić information content (AvgIpc) is 2.42. The van der Waals surface area contributed by atoms with Crippen LogP contribution in [0.4, 0.5) is 14.5 Å². The molecule has 1 heterocycles. The molecule has 2 aromatic rings. The zero-order chi connectivity index (χ0) is 14.7. The molecule has 0 fully saturated rings. The van der Waals surface area contributed by atoms with Crippen LogP contribution in [0.5, 0.6) is 11.8 Å². The lowest BCUT2D eigenvalue weighted by atomic mass is 10.3. The van der Waals surface area contributed by atoms with Gasteiger partial charge in [0.1, 0.15) is 11.8 Å². The molecule has 1 aromatic carbocycles. The minimum Gasteiger partial charge on any atom is -0.421 e. The topological polar surface area (TPSA) is 102 Å². The van der Waals surface area contributed by atoms with Gasteiger partial charge >= 0.3 is 11.7 Å². The predicted molar refractivity (Wildman–Crippen MR) is 59.8 cm³/mol. The second-order valence-electron chi connectivity index (χ2n) is 3.43. The molecule has 7 nitrogen and oxygen atoms in total. The summed E-state index contributed by atoms with van der Waals surface area (Å²) in [7, 11) is 0. The number of benzene rings is 1. The first-order chi connectivity index (χ1) is 9.51. The summed E-state index contributed by atoms with van der Waals surface area (Å²) in [6.45, 7) is 0. The number of nitrogens with zero attached hydrogens (tertiary/aromatic N) is 4. The maximum absolute atomic E-state index is 13.5. The standard InChI is InChI=1S/C11H4F2N4O3/c12-7-4-10(8(13)3-9(7)17(18)19)20-11-15-2-1-6(5-14)16-11/h1-4H. The highest BCUT2D eigenvalue weighted by molar-refractivity contribution is 5.40. The second kappa shape index (κ2) is 5.23. The van der Waals surface area contributed by atoms with Crippen molar-refractivity contribution < 1.29 is 18.4 Å². The fraction of sp³-hybridized carbons (Fsp3) is 0. The van der Waals surface area contributed by atoms with Crippen LogP contribution in [-0.2, 0) is 0 Å². The molecule has 2 rings (SSSR count). The third kappa shape index (κ3) is 2.64. The Morgan fingerprint density at radius 1 is 1.35 bits per heavy atom. The number of nitro benzene ring substituents is 1. The molecule has 0 amide bonds. The van der Waals surface area contributed by atoms with Crippen molar-refractivity contribution in [3.05, 3.63) is 51.8 Å². The van der Waals surface area contributed by atoms with E-state index in [2.05, 4.69) is 9.97 Å². The first-order valence-electron chi connectivity index (χ1n) is 5.05. The molecule has 0 spiro atoms. The minimum absolute atomic E-state index is 0.0298. The molecule has 9 heteroatoms. The highest BCUT2D eigenvalue weighted by Crippen LogP contribution is 2.28. The molecule has 0 atom stereocenters. The lowest BCUT2D eigenvalue weighted by Gasteiger charge is -2.05. The van der Waals surface area contributed by atoms with E-state index >= 15 is 0 Å². The zero-order valence-corrected chi connectivity index (χ0v) is 9.58. The summed E-state index contributed by atoms with van der Waals surface area (Å²) in [6.07, 6.45) is 1.19. The minimum atomic E-state index is -1.26. The van der Waals surface area contributed by atoms with Gasteiger partial charge in [0.2, 0.25) is 5.82 Å². The number of hydrogen-bond donors (Lipinski definition) is 0. The van der Waals surface area contributed by atoms with Crippen molar-refractivity contribution >= 4 is 5.69 Å². The third-order valence-electron chi connectivity index (χ3n) is 2.15. The lowest BCUT2D eigenvalue weighted by Crippen LogP contribution is -1.99. The second-order valence-corrected chi connectivity index (χ2v) is 3.43. The SMILES string of the molecule is N#Cc1ccnc(Oc2cc(F)c([N+](=O)[O-])cc2F)n1.